The van der Waals surface area contributed by atoms with Crippen LogP contribution < -0.4 is 10.6 Å². The Morgan fingerprint density at radius 2 is 2.19 bits per heavy atom. The van der Waals surface area contributed by atoms with Gasteiger partial charge in [-0.25, -0.2) is 0 Å². The van der Waals surface area contributed by atoms with E-state index in [1.807, 2.05) is 30.0 Å². The summed E-state index contributed by atoms with van der Waals surface area (Å²) in [5.41, 5.74) is 9.88. The number of nitrogens with zero attached hydrogens (tertiary/aromatic N) is 2. The van der Waals surface area contributed by atoms with Gasteiger partial charge in [0.1, 0.15) is 0 Å². The summed E-state index contributed by atoms with van der Waals surface area (Å²) in [5, 5.41) is 6.98. The lowest BCUT2D eigenvalue weighted by molar-refractivity contribution is 0.0983. The average Bonchev–Trinajstić information content (AvgIpc) is 2.75. The molecule has 0 saturated heterocycles. The lowest BCUT2D eigenvalue weighted by Gasteiger charge is -2.22. The number of benzene rings is 1. The molecule has 5 nitrogen and oxygen atoms in total. The van der Waals surface area contributed by atoms with Crippen molar-refractivity contribution >= 4 is 17.3 Å². The van der Waals surface area contributed by atoms with Crippen LogP contribution in [0.15, 0.2) is 24.3 Å². The minimum absolute atomic E-state index is 0.113. The largest absolute Gasteiger partial charge is 0.395 e. The van der Waals surface area contributed by atoms with Crippen molar-refractivity contribution in [1.29, 1.82) is 0 Å². The van der Waals surface area contributed by atoms with E-state index in [4.69, 9.17) is 5.73 Å². The number of aromatic nitrogens is 2. The molecule has 1 aliphatic rings. The van der Waals surface area contributed by atoms with E-state index >= 15 is 0 Å². The number of hydrogen-bond donors (Lipinski definition) is 2. The minimum atomic E-state index is -0.113. The number of nitrogens with one attached hydrogen (secondary N) is 1. The Morgan fingerprint density at radius 3 is 2.95 bits per heavy atom. The van der Waals surface area contributed by atoms with Crippen molar-refractivity contribution in [2.45, 2.75) is 32.6 Å². The van der Waals surface area contributed by atoms with E-state index < -0.39 is 0 Å². The summed E-state index contributed by atoms with van der Waals surface area (Å²) >= 11 is 0. The van der Waals surface area contributed by atoms with Crippen LogP contribution in [0.4, 0.5) is 11.4 Å². The van der Waals surface area contributed by atoms with Crippen molar-refractivity contribution in [2.24, 2.45) is 0 Å². The van der Waals surface area contributed by atoms with E-state index in [1.165, 1.54) is 5.56 Å². The molecule has 1 amide bonds. The number of carbonyl (C=O) groups is 1. The number of nitrogens with two attached hydrogens (primary N) is 1. The van der Waals surface area contributed by atoms with Crippen LogP contribution in [0.1, 0.15) is 41.5 Å². The highest BCUT2D eigenvalue weighted by atomic mass is 16.2. The summed E-state index contributed by atoms with van der Waals surface area (Å²) in [6.45, 7) is 2.70. The van der Waals surface area contributed by atoms with Crippen LogP contribution in [0.5, 0.6) is 0 Å². The van der Waals surface area contributed by atoms with Crippen LogP contribution >= 0.6 is 0 Å². The zero-order chi connectivity index (χ0) is 14.8. The normalized spacial score (nSPS) is 14.6. The average molecular weight is 284 g/mol. The lowest BCUT2D eigenvalue weighted by Crippen LogP contribution is -2.32. The van der Waals surface area contributed by atoms with Gasteiger partial charge in [0.2, 0.25) is 0 Å². The Labute approximate surface area is 124 Å². The monoisotopic (exact) mass is 284 g/mol. The zero-order valence-electron chi connectivity index (χ0n) is 12.2. The van der Waals surface area contributed by atoms with Gasteiger partial charge >= 0.3 is 0 Å². The fourth-order valence-corrected chi connectivity index (χ4v) is 2.85. The maximum atomic E-state index is 12.8. The molecule has 0 unspecified atom stereocenters. The van der Waals surface area contributed by atoms with Gasteiger partial charge in [-0.1, -0.05) is 25.1 Å². The molecule has 21 heavy (non-hydrogen) atoms. The van der Waals surface area contributed by atoms with Crippen LogP contribution in [-0.4, -0.2) is 22.6 Å². The molecule has 0 fully saturated rings. The van der Waals surface area contributed by atoms with Gasteiger partial charge < -0.3 is 10.6 Å². The second-order valence-electron chi connectivity index (χ2n) is 5.36. The quantitative estimate of drug-likeness (QED) is 0.890. The van der Waals surface area contributed by atoms with E-state index in [-0.39, 0.29) is 5.91 Å². The molecular formula is C16H20N4O. The molecule has 0 bridgehead atoms. The molecular weight excluding hydrogens is 264 g/mol. The van der Waals surface area contributed by atoms with Crippen molar-refractivity contribution in [3.63, 3.8) is 0 Å². The van der Waals surface area contributed by atoms with Gasteiger partial charge in [0.15, 0.2) is 5.69 Å². The fourth-order valence-electron chi connectivity index (χ4n) is 2.85. The first-order chi connectivity index (χ1) is 10.2. The molecule has 0 radical (unpaired) electrons. The zero-order valence-corrected chi connectivity index (χ0v) is 12.2. The SMILES string of the molecule is CCc1[nH]nc(C(=O)N2CCCCc3ccccc32)c1N. The highest BCUT2D eigenvalue weighted by Crippen LogP contribution is 2.28. The molecule has 0 saturated carbocycles. The highest BCUT2D eigenvalue weighted by Gasteiger charge is 2.26. The van der Waals surface area contributed by atoms with Gasteiger partial charge in [0, 0.05) is 12.2 Å². The third-order valence-corrected chi connectivity index (χ3v) is 4.04. The second-order valence-corrected chi connectivity index (χ2v) is 5.36. The molecule has 2 heterocycles. The Hall–Kier alpha value is -2.30. The second kappa shape index (κ2) is 5.60. The van der Waals surface area contributed by atoms with Crippen molar-refractivity contribution in [1.82, 2.24) is 10.2 Å². The van der Waals surface area contributed by atoms with Crippen molar-refractivity contribution in [2.75, 3.05) is 17.2 Å². The number of fused-ring (bicyclic) bond motifs is 1. The van der Waals surface area contributed by atoms with E-state index in [0.29, 0.717) is 17.9 Å². The summed E-state index contributed by atoms with van der Waals surface area (Å²) < 4.78 is 0. The number of aryl methyl sites for hydroxylation is 2. The summed E-state index contributed by atoms with van der Waals surface area (Å²) in [4.78, 5) is 14.6. The number of para-hydroxylation sites is 1. The molecule has 0 spiro atoms. The lowest BCUT2D eigenvalue weighted by atomic mass is 10.1. The smallest absolute Gasteiger partial charge is 0.280 e. The van der Waals surface area contributed by atoms with Gasteiger partial charge in [0.05, 0.1) is 11.4 Å². The molecule has 2 aromatic rings. The number of amides is 1. The van der Waals surface area contributed by atoms with Gasteiger partial charge in [-0.15, -0.1) is 0 Å². The Morgan fingerprint density at radius 1 is 1.38 bits per heavy atom. The number of H-pyrrole nitrogens is 1. The van der Waals surface area contributed by atoms with Gasteiger partial charge in [-0.3, -0.25) is 9.89 Å². The molecule has 1 aliphatic heterocycles. The van der Waals surface area contributed by atoms with Gasteiger partial charge in [0.25, 0.3) is 5.91 Å². The molecule has 0 aliphatic carbocycles. The van der Waals surface area contributed by atoms with Crippen LogP contribution in [0.2, 0.25) is 0 Å². The minimum Gasteiger partial charge on any atom is -0.395 e. The topological polar surface area (TPSA) is 75.0 Å². The van der Waals surface area contributed by atoms with E-state index in [1.54, 1.807) is 0 Å². The number of nitrogen functional groups attached to an aromatic ring is 1. The summed E-state index contributed by atoms with van der Waals surface area (Å²) in [6.07, 6.45) is 3.83. The number of carbonyl (C=O) groups excluding carboxylic acids is 1. The van der Waals surface area contributed by atoms with Crippen molar-refractivity contribution in [3.05, 3.63) is 41.2 Å². The maximum absolute atomic E-state index is 12.8. The Kier molecular flexibility index (Phi) is 3.64. The molecule has 3 N–H and O–H groups in total. The Bertz CT molecular complexity index is 662. The fraction of sp³-hybridized carbons (Fsp3) is 0.375. The third-order valence-electron chi connectivity index (χ3n) is 4.04. The summed E-state index contributed by atoms with van der Waals surface area (Å²) in [7, 11) is 0. The predicted molar refractivity (Wildman–Crippen MR) is 83.4 cm³/mol. The summed E-state index contributed by atoms with van der Waals surface area (Å²) in [6, 6.07) is 8.08. The first kappa shape index (κ1) is 13.7. The highest BCUT2D eigenvalue weighted by molar-refractivity contribution is 6.08. The van der Waals surface area contributed by atoms with Crippen molar-refractivity contribution < 1.29 is 4.79 Å². The molecule has 5 heteroatoms. The molecule has 1 aromatic heterocycles. The van der Waals surface area contributed by atoms with Crippen LogP contribution in [0.25, 0.3) is 0 Å². The summed E-state index contributed by atoms with van der Waals surface area (Å²) in [5.74, 6) is -0.113. The van der Waals surface area contributed by atoms with Crippen LogP contribution in [-0.2, 0) is 12.8 Å². The third kappa shape index (κ3) is 2.39. The van der Waals surface area contributed by atoms with Crippen LogP contribution in [0, 0.1) is 0 Å². The van der Waals surface area contributed by atoms with Crippen LogP contribution in [0.3, 0.4) is 0 Å². The molecule has 110 valence electrons. The van der Waals surface area contributed by atoms with E-state index in [9.17, 15) is 4.79 Å². The number of aromatic amines is 1. The van der Waals surface area contributed by atoms with Gasteiger partial charge in [-0.05, 0) is 37.3 Å². The van der Waals surface area contributed by atoms with Gasteiger partial charge in [-0.2, -0.15) is 5.10 Å². The van der Waals surface area contributed by atoms with E-state index in [0.717, 1.165) is 37.1 Å². The predicted octanol–water partition coefficient (Wildman–Crippen LogP) is 2.54. The maximum Gasteiger partial charge on any atom is 0.280 e. The standard InChI is InChI=1S/C16H20N4O/c1-2-12-14(17)15(19-18-12)16(21)20-10-6-5-8-11-7-3-4-9-13(11)20/h3-4,7,9H,2,5-6,8,10,17H2,1H3,(H,18,19). The first-order valence-corrected chi connectivity index (χ1v) is 7.45. The number of anilines is 2. The number of rotatable bonds is 2. The molecule has 1 aromatic carbocycles. The first-order valence-electron chi connectivity index (χ1n) is 7.45. The Balaban J connectivity index is 1.99. The number of hydrogen-bond acceptors (Lipinski definition) is 3. The van der Waals surface area contributed by atoms with E-state index in [2.05, 4.69) is 16.3 Å². The van der Waals surface area contributed by atoms with Crippen molar-refractivity contribution in [3.8, 4) is 0 Å². The molecule has 0 atom stereocenters. The molecule has 3 rings (SSSR count).